The highest BCUT2D eigenvalue weighted by molar-refractivity contribution is 5.89. The number of carbonyl (C=O) groups excluding carboxylic acids is 1. The third kappa shape index (κ3) is 3.43. The van der Waals surface area contributed by atoms with Gasteiger partial charge in [-0.2, -0.15) is 0 Å². The van der Waals surface area contributed by atoms with Crippen LogP contribution in [0.3, 0.4) is 0 Å². The number of hydrogen-bond acceptors (Lipinski definition) is 3. The molecular formula is C18H26N2O2. The predicted octanol–water partition coefficient (Wildman–Crippen LogP) is 3.41. The van der Waals surface area contributed by atoms with Crippen molar-refractivity contribution >= 4 is 11.8 Å². The van der Waals surface area contributed by atoms with Crippen LogP contribution in [0.4, 0.5) is 10.5 Å². The van der Waals surface area contributed by atoms with Gasteiger partial charge in [0.05, 0.1) is 5.69 Å². The number of fused-ring (bicyclic) bond motifs is 1. The van der Waals surface area contributed by atoms with Crippen molar-refractivity contribution in [3.05, 3.63) is 29.3 Å². The van der Waals surface area contributed by atoms with Gasteiger partial charge in [-0.05, 0) is 70.1 Å². The van der Waals surface area contributed by atoms with Gasteiger partial charge in [0.25, 0.3) is 0 Å². The maximum absolute atomic E-state index is 12.4. The summed E-state index contributed by atoms with van der Waals surface area (Å²) >= 11 is 0. The fourth-order valence-electron chi connectivity index (χ4n) is 3.01. The summed E-state index contributed by atoms with van der Waals surface area (Å²) in [6.07, 6.45) is 4.91. The summed E-state index contributed by atoms with van der Waals surface area (Å²) in [5, 5.41) is 0. The minimum absolute atomic E-state index is 0.0216. The number of anilines is 1. The molecule has 0 unspecified atom stereocenters. The average Bonchev–Trinajstić information content (AvgIpc) is 3.13. The van der Waals surface area contributed by atoms with E-state index in [1.165, 1.54) is 11.1 Å². The second-order valence-electron chi connectivity index (χ2n) is 7.74. The van der Waals surface area contributed by atoms with Crippen molar-refractivity contribution < 1.29 is 9.53 Å². The molecule has 2 aliphatic rings. The van der Waals surface area contributed by atoms with Crippen LogP contribution in [0.15, 0.2) is 18.2 Å². The van der Waals surface area contributed by atoms with Crippen molar-refractivity contribution in [2.45, 2.75) is 64.0 Å². The lowest BCUT2D eigenvalue weighted by molar-refractivity contribution is 0.0578. The molecule has 0 radical (unpaired) electrons. The fraction of sp³-hybridized carbons (Fsp3) is 0.611. The first-order valence-corrected chi connectivity index (χ1v) is 8.17. The second-order valence-corrected chi connectivity index (χ2v) is 7.74. The average molecular weight is 302 g/mol. The smallest absolute Gasteiger partial charge is 0.414 e. The third-order valence-corrected chi connectivity index (χ3v) is 4.32. The molecular weight excluding hydrogens is 276 g/mol. The first kappa shape index (κ1) is 15.3. The number of nitrogens with zero attached hydrogens (tertiary/aromatic N) is 1. The largest absolute Gasteiger partial charge is 0.443 e. The molecule has 0 atom stereocenters. The molecule has 1 aliphatic carbocycles. The molecule has 0 spiro atoms. The molecule has 1 aromatic rings. The van der Waals surface area contributed by atoms with Crippen LogP contribution in [0.1, 0.15) is 51.2 Å². The van der Waals surface area contributed by atoms with Gasteiger partial charge in [0.15, 0.2) is 0 Å². The number of nitrogens with two attached hydrogens (primary N) is 1. The van der Waals surface area contributed by atoms with Crippen LogP contribution in [-0.2, 0) is 17.6 Å². The van der Waals surface area contributed by atoms with Crippen LogP contribution in [-0.4, -0.2) is 23.8 Å². The van der Waals surface area contributed by atoms with Crippen LogP contribution in [0.2, 0.25) is 0 Å². The van der Waals surface area contributed by atoms with Gasteiger partial charge >= 0.3 is 6.09 Å². The molecule has 22 heavy (non-hydrogen) atoms. The summed E-state index contributed by atoms with van der Waals surface area (Å²) in [5.41, 5.74) is 9.28. The molecule has 0 saturated heterocycles. The molecule has 1 amide bonds. The van der Waals surface area contributed by atoms with E-state index in [9.17, 15) is 4.79 Å². The van der Waals surface area contributed by atoms with E-state index < -0.39 is 5.60 Å². The first-order valence-electron chi connectivity index (χ1n) is 8.17. The maximum atomic E-state index is 12.4. The third-order valence-electron chi connectivity index (χ3n) is 4.32. The lowest BCUT2D eigenvalue weighted by Gasteiger charge is -2.32. The van der Waals surface area contributed by atoms with E-state index in [1.807, 2.05) is 20.8 Å². The van der Waals surface area contributed by atoms with Crippen molar-refractivity contribution in [1.29, 1.82) is 0 Å². The molecule has 1 aliphatic heterocycles. The van der Waals surface area contributed by atoms with Crippen LogP contribution in [0, 0.1) is 0 Å². The Bertz CT molecular complexity index is 585. The quantitative estimate of drug-likeness (QED) is 0.911. The number of aryl methyl sites for hydroxylation is 1. The van der Waals surface area contributed by atoms with E-state index in [1.54, 1.807) is 4.90 Å². The van der Waals surface area contributed by atoms with Crippen LogP contribution >= 0.6 is 0 Å². The van der Waals surface area contributed by atoms with E-state index in [0.29, 0.717) is 0 Å². The highest BCUT2D eigenvalue weighted by Gasteiger charge is 2.38. The van der Waals surface area contributed by atoms with Gasteiger partial charge < -0.3 is 10.5 Å². The summed E-state index contributed by atoms with van der Waals surface area (Å²) in [5.74, 6) is 0. The Kier molecular flexibility index (Phi) is 3.68. The number of benzene rings is 1. The van der Waals surface area contributed by atoms with Crippen LogP contribution in [0.5, 0.6) is 0 Å². The standard InChI is InChI=1S/C18H26N2O2/c1-17(2,3)22-16(21)20-10-4-5-14-11-13(6-7-15(14)20)12-18(19)8-9-18/h6-7,11H,4-5,8-10,12,19H2,1-3H3. The minimum Gasteiger partial charge on any atom is -0.443 e. The minimum atomic E-state index is -0.466. The lowest BCUT2D eigenvalue weighted by Crippen LogP contribution is -2.39. The predicted molar refractivity (Wildman–Crippen MR) is 88.2 cm³/mol. The van der Waals surface area contributed by atoms with Gasteiger partial charge in [0, 0.05) is 12.1 Å². The zero-order chi connectivity index (χ0) is 16.0. The Labute approximate surface area is 132 Å². The van der Waals surface area contributed by atoms with Crippen molar-refractivity contribution in [2.75, 3.05) is 11.4 Å². The van der Waals surface area contributed by atoms with Crippen LogP contribution < -0.4 is 10.6 Å². The fourth-order valence-corrected chi connectivity index (χ4v) is 3.01. The number of ether oxygens (including phenoxy) is 1. The number of amides is 1. The molecule has 1 aromatic carbocycles. The number of hydrogen-bond donors (Lipinski definition) is 1. The Morgan fingerprint density at radius 1 is 1.36 bits per heavy atom. The summed E-state index contributed by atoms with van der Waals surface area (Å²) in [4.78, 5) is 14.2. The van der Waals surface area contributed by atoms with Gasteiger partial charge in [-0.3, -0.25) is 4.90 Å². The Hall–Kier alpha value is -1.55. The lowest BCUT2D eigenvalue weighted by atomic mass is 9.96. The van der Waals surface area contributed by atoms with Gasteiger partial charge in [-0.1, -0.05) is 12.1 Å². The van der Waals surface area contributed by atoms with Crippen molar-refractivity contribution in [3.63, 3.8) is 0 Å². The van der Waals surface area contributed by atoms with Gasteiger partial charge in [0.2, 0.25) is 0 Å². The summed E-state index contributed by atoms with van der Waals surface area (Å²) in [6, 6.07) is 6.38. The van der Waals surface area contributed by atoms with E-state index in [4.69, 9.17) is 10.5 Å². The zero-order valence-corrected chi connectivity index (χ0v) is 13.8. The van der Waals surface area contributed by atoms with Gasteiger partial charge in [-0.25, -0.2) is 4.79 Å². The molecule has 4 heteroatoms. The molecule has 120 valence electrons. The molecule has 1 saturated carbocycles. The van der Waals surface area contributed by atoms with E-state index in [0.717, 1.165) is 44.3 Å². The van der Waals surface area contributed by atoms with Crippen molar-refractivity contribution in [2.24, 2.45) is 5.73 Å². The molecule has 0 aromatic heterocycles. The van der Waals surface area contributed by atoms with Gasteiger partial charge in [0.1, 0.15) is 5.60 Å². The molecule has 1 heterocycles. The maximum Gasteiger partial charge on any atom is 0.414 e. The van der Waals surface area contributed by atoms with Crippen LogP contribution in [0.25, 0.3) is 0 Å². The Balaban J connectivity index is 1.79. The number of rotatable bonds is 2. The van der Waals surface area contributed by atoms with E-state index in [-0.39, 0.29) is 11.6 Å². The SMILES string of the molecule is CC(C)(C)OC(=O)N1CCCc2cc(CC3(N)CC3)ccc21. The first-order chi connectivity index (χ1) is 10.3. The topological polar surface area (TPSA) is 55.6 Å². The highest BCUT2D eigenvalue weighted by Crippen LogP contribution is 2.37. The highest BCUT2D eigenvalue weighted by atomic mass is 16.6. The van der Waals surface area contributed by atoms with Crippen molar-refractivity contribution in [3.8, 4) is 0 Å². The molecule has 3 rings (SSSR count). The van der Waals surface area contributed by atoms with E-state index in [2.05, 4.69) is 18.2 Å². The Morgan fingerprint density at radius 3 is 2.73 bits per heavy atom. The number of carbonyl (C=O) groups is 1. The molecule has 1 fully saturated rings. The summed E-state index contributed by atoms with van der Waals surface area (Å²) in [7, 11) is 0. The van der Waals surface area contributed by atoms with Gasteiger partial charge in [-0.15, -0.1) is 0 Å². The Morgan fingerprint density at radius 2 is 2.09 bits per heavy atom. The normalized spacial score (nSPS) is 19.5. The molecule has 2 N–H and O–H groups in total. The van der Waals surface area contributed by atoms with Crippen molar-refractivity contribution in [1.82, 2.24) is 0 Å². The second kappa shape index (κ2) is 5.27. The zero-order valence-electron chi connectivity index (χ0n) is 13.8. The molecule has 0 bridgehead atoms. The summed E-state index contributed by atoms with van der Waals surface area (Å²) in [6.45, 7) is 6.42. The molecule has 4 nitrogen and oxygen atoms in total. The summed E-state index contributed by atoms with van der Waals surface area (Å²) < 4.78 is 5.52. The monoisotopic (exact) mass is 302 g/mol. The van der Waals surface area contributed by atoms with E-state index >= 15 is 0 Å².